The van der Waals surface area contributed by atoms with E-state index >= 15 is 0 Å². The number of halogens is 1. The van der Waals surface area contributed by atoms with Crippen molar-refractivity contribution >= 4 is 5.97 Å². The van der Waals surface area contributed by atoms with Crippen LogP contribution in [0.15, 0.2) is 42.5 Å². The quantitative estimate of drug-likeness (QED) is 0.358. The number of aliphatic carboxylic acids is 1. The van der Waals surface area contributed by atoms with Crippen molar-refractivity contribution in [2.24, 2.45) is 5.92 Å². The maximum atomic E-state index is 13.9. The van der Waals surface area contributed by atoms with Crippen molar-refractivity contribution in [1.29, 1.82) is 0 Å². The average molecular weight is 552 g/mol. The third-order valence-corrected chi connectivity index (χ3v) is 9.60. The normalized spacial score (nSPS) is 24.0. The summed E-state index contributed by atoms with van der Waals surface area (Å²) in [7, 11) is 1.98. The maximum absolute atomic E-state index is 13.9. The number of rotatable bonds is 8. The highest BCUT2D eigenvalue weighted by Crippen LogP contribution is 2.46. The summed E-state index contributed by atoms with van der Waals surface area (Å²) in [4.78, 5) is 14.5. The predicted molar refractivity (Wildman–Crippen MR) is 160 cm³/mol. The fraction of sp³-hybridized carbons (Fsp3) is 0.629. The fourth-order valence-corrected chi connectivity index (χ4v) is 7.18. The summed E-state index contributed by atoms with van der Waals surface area (Å²) in [6.45, 7) is 16.4. The summed E-state index contributed by atoms with van der Waals surface area (Å²) < 4.78 is 20.9. The molecule has 2 aromatic rings. The molecule has 4 nitrogen and oxygen atoms in total. The minimum atomic E-state index is -0.782. The standard InChI is InChI=1S/C35H50FNO3/c1-23(28-17-14-26(33(2,3)4)21-29(28)34(5,6)7)40-30-18-13-25(31(30)24-11-15-27(36)16-12-24)22-37(8)35(32(38)39)19-9-10-20-35/h11-12,14-17,21,23,25,30-31H,9-10,13,18-20,22H2,1-8H3,(H,38,39). The van der Waals surface area contributed by atoms with Crippen molar-refractivity contribution in [3.8, 4) is 0 Å². The van der Waals surface area contributed by atoms with Gasteiger partial charge in [-0.05, 0) is 90.8 Å². The molecule has 2 aromatic carbocycles. The second-order valence-corrected chi connectivity index (χ2v) is 14.5. The number of carboxylic acid groups (broad SMARTS) is 1. The van der Waals surface area contributed by atoms with Crippen molar-refractivity contribution in [1.82, 2.24) is 4.90 Å². The van der Waals surface area contributed by atoms with Gasteiger partial charge >= 0.3 is 5.97 Å². The van der Waals surface area contributed by atoms with Gasteiger partial charge in [-0.25, -0.2) is 4.39 Å². The Labute approximate surface area is 241 Å². The Morgan fingerprint density at radius 1 is 1.02 bits per heavy atom. The number of hydrogen-bond donors (Lipinski definition) is 1. The van der Waals surface area contributed by atoms with Crippen LogP contribution in [0, 0.1) is 11.7 Å². The topological polar surface area (TPSA) is 49.8 Å². The molecule has 0 bridgehead atoms. The molecule has 0 aromatic heterocycles. The zero-order valence-corrected chi connectivity index (χ0v) is 25.9. The Balaban J connectivity index is 1.63. The van der Waals surface area contributed by atoms with Gasteiger partial charge in [-0.1, -0.05) is 84.7 Å². The molecule has 220 valence electrons. The lowest BCUT2D eigenvalue weighted by atomic mass is 9.77. The van der Waals surface area contributed by atoms with E-state index in [1.54, 1.807) is 0 Å². The van der Waals surface area contributed by atoms with Crippen LogP contribution in [0.25, 0.3) is 0 Å². The molecule has 0 amide bonds. The molecule has 4 rings (SSSR count). The predicted octanol–water partition coefficient (Wildman–Crippen LogP) is 8.39. The van der Waals surface area contributed by atoms with Gasteiger partial charge in [0, 0.05) is 12.5 Å². The molecule has 0 saturated heterocycles. The van der Waals surface area contributed by atoms with Crippen LogP contribution in [0.2, 0.25) is 0 Å². The highest BCUT2D eigenvalue weighted by Gasteiger charge is 2.47. The Hall–Kier alpha value is -2.24. The van der Waals surface area contributed by atoms with Gasteiger partial charge in [-0.3, -0.25) is 9.69 Å². The molecular weight excluding hydrogens is 501 g/mol. The van der Waals surface area contributed by atoms with Gasteiger partial charge in [0.15, 0.2) is 0 Å². The lowest BCUT2D eigenvalue weighted by Gasteiger charge is -2.38. The van der Waals surface area contributed by atoms with Crippen LogP contribution >= 0.6 is 0 Å². The number of nitrogens with zero attached hydrogens (tertiary/aromatic N) is 1. The number of hydrogen-bond acceptors (Lipinski definition) is 3. The van der Waals surface area contributed by atoms with Gasteiger partial charge in [-0.15, -0.1) is 0 Å². The fourth-order valence-electron chi connectivity index (χ4n) is 7.18. The molecule has 1 N–H and O–H groups in total. The molecule has 0 aliphatic heterocycles. The summed E-state index contributed by atoms with van der Waals surface area (Å²) in [6.07, 6.45) is 5.02. The van der Waals surface area contributed by atoms with E-state index in [-0.39, 0.29) is 40.7 Å². The third-order valence-electron chi connectivity index (χ3n) is 9.60. The first kappa shape index (κ1) is 30.7. The van der Waals surface area contributed by atoms with E-state index in [1.807, 2.05) is 19.2 Å². The van der Waals surface area contributed by atoms with Crippen molar-refractivity contribution in [2.45, 2.75) is 121 Å². The van der Waals surface area contributed by atoms with Gasteiger partial charge in [-0.2, -0.15) is 0 Å². The third kappa shape index (κ3) is 6.31. The molecule has 2 fully saturated rings. The molecule has 4 unspecified atom stereocenters. The number of carboxylic acids is 1. The smallest absolute Gasteiger partial charge is 0.324 e. The zero-order valence-electron chi connectivity index (χ0n) is 25.9. The number of ether oxygens (including phenoxy) is 1. The molecule has 0 radical (unpaired) electrons. The molecule has 2 saturated carbocycles. The highest BCUT2D eigenvalue weighted by atomic mass is 19.1. The van der Waals surface area contributed by atoms with Crippen LogP contribution in [-0.4, -0.2) is 41.2 Å². The van der Waals surface area contributed by atoms with E-state index in [0.717, 1.165) is 31.2 Å². The van der Waals surface area contributed by atoms with E-state index in [2.05, 4.69) is 71.6 Å². The second-order valence-electron chi connectivity index (χ2n) is 14.5. The summed E-state index contributed by atoms with van der Waals surface area (Å²) in [5, 5.41) is 10.2. The van der Waals surface area contributed by atoms with Gasteiger partial charge in [0.05, 0.1) is 12.2 Å². The lowest BCUT2D eigenvalue weighted by molar-refractivity contribution is -0.151. The van der Waals surface area contributed by atoms with Gasteiger partial charge in [0.25, 0.3) is 0 Å². The Bertz CT molecular complexity index is 1170. The maximum Gasteiger partial charge on any atom is 0.324 e. The summed E-state index contributed by atoms with van der Waals surface area (Å²) in [6, 6.07) is 13.7. The molecular formula is C35H50FNO3. The molecule has 0 spiro atoms. The van der Waals surface area contributed by atoms with Crippen LogP contribution in [0.3, 0.4) is 0 Å². The number of likely N-dealkylation sites (N-methyl/N-ethyl adjacent to an activating group) is 1. The Morgan fingerprint density at radius 2 is 1.65 bits per heavy atom. The van der Waals surface area contributed by atoms with Crippen LogP contribution in [0.5, 0.6) is 0 Å². The molecule has 40 heavy (non-hydrogen) atoms. The Kier molecular flexibility index (Phi) is 8.88. The van der Waals surface area contributed by atoms with Crippen molar-refractivity contribution in [2.75, 3.05) is 13.6 Å². The molecule has 4 atom stereocenters. The van der Waals surface area contributed by atoms with Crippen LogP contribution < -0.4 is 0 Å². The number of benzene rings is 2. The van der Waals surface area contributed by atoms with E-state index in [0.29, 0.717) is 19.4 Å². The molecule has 5 heteroatoms. The van der Waals surface area contributed by atoms with Gasteiger partial charge in [0.2, 0.25) is 0 Å². The van der Waals surface area contributed by atoms with Gasteiger partial charge < -0.3 is 9.84 Å². The second kappa shape index (κ2) is 11.6. The number of carbonyl (C=O) groups is 1. The van der Waals surface area contributed by atoms with Crippen molar-refractivity contribution in [3.05, 3.63) is 70.5 Å². The van der Waals surface area contributed by atoms with E-state index < -0.39 is 11.5 Å². The van der Waals surface area contributed by atoms with Crippen LogP contribution in [-0.2, 0) is 20.4 Å². The monoisotopic (exact) mass is 551 g/mol. The first-order valence-electron chi connectivity index (χ1n) is 15.1. The minimum Gasteiger partial charge on any atom is -0.480 e. The van der Waals surface area contributed by atoms with Gasteiger partial charge in [0.1, 0.15) is 11.4 Å². The molecule has 0 heterocycles. The lowest BCUT2D eigenvalue weighted by Crippen LogP contribution is -2.52. The largest absolute Gasteiger partial charge is 0.480 e. The highest BCUT2D eigenvalue weighted by molar-refractivity contribution is 5.79. The van der Waals surface area contributed by atoms with E-state index in [4.69, 9.17) is 4.74 Å². The summed E-state index contributed by atoms with van der Waals surface area (Å²) >= 11 is 0. The average Bonchev–Trinajstić information content (AvgIpc) is 3.52. The molecule has 2 aliphatic carbocycles. The minimum absolute atomic E-state index is 0.0293. The summed E-state index contributed by atoms with van der Waals surface area (Å²) in [5.41, 5.74) is 4.17. The first-order chi connectivity index (χ1) is 18.6. The Morgan fingerprint density at radius 3 is 2.20 bits per heavy atom. The van der Waals surface area contributed by atoms with Crippen molar-refractivity contribution in [3.63, 3.8) is 0 Å². The van der Waals surface area contributed by atoms with Crippen LogP contribution in [0.4, 0.5) is 4.39 Å². The van der Waals surface area contributed by atoms with Crippen molar-refractivity contribution < 1.29 is 19.0 Å². The molecule has 2 aliphatic rings. The van der Waals surface area contributed by atoms with E-state index in [1.165, 1.54) is 28.8 Å². The van der Waals surface area contributed by atoms with Crippen LogP contribution in [0.1, 0.15) is 121 Å². The summed E-state index contributed by atoms with van der Waals surface area (Å²) in [5.74, 6) is -0.649. The van der Waals surface area contributed by atoms with E-state index in [9.17, 15) is 14.3 Å². The zero-order chi connectivity index (χ0) is 29.5. The SMILES string of the molecule is CC(OC1CCC(CN(C)C2(C(=O)O)CCCC2)C1c1ccc(F)cc1)c1ccc(C(C)(C)C)cc1C(C)(C)C. The first-order valence-corrected chi connectivity index (χ1v) is 15.1.